The molecule has 0 bridgehead atoms. The van der Waals surface area contributed by atoms with Gasteiger partial charge in [0.15, 0.2) is 11.0 Å². The highest BCUT2D eigenvalue weighted by Crippen LogP contribution is 2.25. The summed E-state index contributed by atoms with van der Waals surface area (Å²) < 4.78 is 8.45. The second kappa shape index (κ2) is 9.93. The Balaban J connectivity index is 1.49. The molecule has 1 aromatic carbocycles. The third-order valence-electron chi connectivity index (χ3n) is 4.65. The first kappa shape index (κ1) is 21.3. The predicted molar refractivity (Wildman–Crippen MR) is 122 cm³/mol. The number of benzene rings is 1. The molecule has 0 spiro atoms. The number of nitrogens with zero attached hydrogens (tertiary/aromatic N) is 5. The molecule has 1 amide bonds. The standard InChI is InChI=1S/C22H20BrN5O2S/c1-27(13-17-6-2-3-9-19(17)23)20(29)15-31-22-26-25-21(16-7-4-10-24-12-16)28(22)14-18-8-5-11-30-18/h2-12H,13-15H2,1H3. The Labute approximate surface area is 192 Å². The van der Waals surface area contributed by atoms with Crippen molar-refractivity contribution in [2.24, 2.45) is 0 Å². The van der Waals surface area contributed by atoms with Gasteiger partial charge in [-0.25, -0.2) is 0 Å². The van der Waals surface area contributed by atoms with Gasteiger partial charge in [0.1, 0.15) is 5.76 Å². The van der Waals surface area contributed by atoms with Crippen molar-refractivity contribution in [3.05, 3.63) is 83.0 Å². The molecule has 0 saturated carbocycles. The van der Waals surface area contributed by atoms with Crippen LogP contribution in [-0.2, 0) is 17.9 Å². The highest BCUT2D eigenvalue weighted by Gasteiger charge is 2.18. The number of amides is 1. The Morgan fingerprint density at radius 3 is 2.77 bits per heavy atom. The van der Waals surface area contributed by atoms with Gasteiger partial charge in [-0.05, 0) is 35.9 Å². The van der Waals surface area contributed by atoms with Crippen LogP contribution in [0.1, 0.15) is 11.3 Å². The van der Waals surface area contributed by atoms with Gasteiger partial charge < -0.3 is 9.32 Å². The van der Waals surface area contributed by atoms with E-state index in [9.17, 15) is 4.79 Å². The Bertz CT molecular complexity index is 1150. The lowest BCUT2D eigenvalue weighted by Gasteiger charge is -2.18. The molecule has 4 rings (SSSR count). The van der Waals surface area contributed by atoms with Crippen LogP contribution in [-0.4, -0.2) is 43.4 Å². The minimum absolute atomic E-state index is 0.0104. The van der Waals surface area contributed by atoms with Crippen LogP contribution in [0, 0.1) is 0 Å². The molecule has 0 saturated heterocycles. The number of halogens is 1. The molecule has 158 valence electrons. The van der Waals surface area contributed by atoms with Crippen molar-refractivity contribution in [3.8, 4) is 11.4 Å². The Morgan fingerprint density at radius 1 is 1.16 bits per heavy atom. The largest absolute Gasteiger partial charge is 0.467 e. The molecule has 0 N–H and O–H groups in total. The number of carbonyl (C=O) groups excluding carboxylic acids is 1. The molecule has 0 radical (unpaired) electrons. The molecule has 3 heterocycles. The van der Waals surface area contributed by atoms with Gasteiger partial charge in [-0.1, -0.05) is 45.9 Å². The lowest BCUT2D eigenvalue weighted by molar-refractivity contribution is -0.127. The van der Waals surface area contributed by atoms with E-state index in [0.29, 0.717) is 24.1 Å². The van der Waals surface area contributed by atoms with Crippen LogP contribution in [0.3, 0.4) is 0 Å². The van der Waals surface area contributed by atoms with Crippen LogP contribution in [0.15, 0.2) is 81.2 Å². The Hall–Kier alpha value is -2.91. The first-order chi connectivity index (χ1) is 15.1. The zero-order valence-corrected chi connectivity index (χ0v) is 19.2. The summed E-state index contributed by atoms with van der Waals surface area (Å²) >= 11 is 4.89. The van der Waals surface area contributed by atoms with Crippen molar-refractivity contribution in [2.75, 3.05) is 12.8 Å². The molecule has 0 aliphatic carbocycles. The molecule has 7 nitrogen and oxygen atoms in total. The summed E-state index contributed by atoms with van der Waals surface area (Å²) in [6.07, 6.45) is 5.09. The summed E-state index contributed by atoms with van der Waals surface area (Å²) in [6, 6.07) is 15.4. The van der Waals surface area contributed by atoms with Crippen molar-refractivity contribution < 1.29 is 9.21 Å². The molecule has 0 unspecified atom stereocenters. The maximum atomic E-state index is 12.7. The topological polar surface area (TPSA) is 77.1 Å². The van der Waals surface area contributed by atoms with Crippen LogP contribution < -0.4 is 0 Å². The van der Waals surface area contributed by atoms with Crippen molar-refractivity contribution in [3.63, 3.8) is 0 Å². The average molecular weight is 498 g/mol. The van der Waals surface area contributed by atoms with Gasteiger partial charge in [0.25, 0.3) is 0 Å². The number of thioether (sulfide) groups is 1. The van der Waals surface area contributed by atoms with Gasteiger partial charge in [0, 0.05) is 36.0 Å². The predicted octanol–water partition coefficient (Wildman–Crippen LogP) is 4.49. The minimum Gasteiger partial charge on any atom is -0.467 e. The Kier molecular flexibility index (Phi) is 6.83. The first-order valence-electron chi connectivity index (χ1n) is 9.58. The van der Waals surface area contributed by atoms with Crippen molar-refractivity contribution in [2.45, 2.75) is 18.2 Å². The van der Waals surface area contributed by atoms with Gasteiger partial charge in [-0.3, -0.25) is 14.3 Å². The summed E-state index contributed by atoms with van der Waals surface area (Å²) in [6.45, 7) is 0.994. The third kappa shape index (κ3) is 5.23. The van der Waals surface area contributed by atoms with E-state index in [1.165, 1.54) is 11.8 Å². The minimum atomic E-state index is 0.0104. The smallest absolute Gasteiger partial charge is 0.233 e. The SMILES string of the molecule is CN(Cc1ccccc1Br)C(=O)CSc1nnc(-c2cccnc2)n1Cc1ccco1. The van der Waals surface area contributed by atoms with E-state index in [0.717, 1.165) is 21.4 Å². The zero-order chi connectivity index (χ0) is 21.6. The van der Waals surface area contributed by atoms with E-state index in [-0.39, 0.29) is 11.7 Å². The molecule has 0 atom stereocenters. The molecule has 31 heavy (non-hydrogen) atoms. The quantitative estimate of drug-likeness (QED) is 0.333. The van der Waals surface area contributed by atoms with Crippen molar-refractivity contribution in [1.82, 2.24) is 24.6 Å². The number of carbonyl (C=O) groups is 1. The normalized spacial score (nSPS) is 10.9. The molecule has 0 aliphatic heterocycles. The van der Waals surface area contributed by atoms with E-state index < -0.39 is 0 Å². The van der Waals surface area contributed by atoms with Crippen LogP contribution in [0.5, 0.6) is 0 Å². The summed E-state index contributed by atoms with van der Waals surface area (Å²) in [5.74, 6) is 1.73. The molecule has 0 fully saturated rings. The molecule has 4 aromatic rings. The Morgan fingerprint density at radius 2 is 2.03 bits per heavy atom. The van der Waals surface area contributed by atoms with Crippen LogP contribution in [0.25, 0.3) is 11.4 Å². The third-order valence-corrected chi connectivity index (χ3v) is 6.37. The highest BCUT2D eigenvalue weighted by molar-refractivity contribution is 9.10. The summed E-state index contributed by atoms with van der Waals surface area (Å²) in [4.78, 5) is 18.6. The fraction of sp³-hybridized carbons (Fsp3) is 0.182. The second-order valence-corrected chi connectivity index (χ2v) is 8.64. The monoisotopic (exact) mass is 497 g/mol. The average Bonchev–Trinajstić information content (AvgIpc) is 3.44. The molecule has 3 aromatic heterocycles. The van der Waals surface area contributed by atoms with E-state index in [4.69, 9.17) is 4.42 Å². The van der Waals surface area contributed by atoms with Crippen molar-refractivity contribution >= 4 is 33.6 Å². The second-order valence-electron chi connectivity index (χ2n) is 6.84. The van der Waals surface area contributed by atoms with E-state index >= 15 is 0 Å². The van der Waals surface area contributed by atoms with Gasteiger partial charge in [-0.2, -0.15) is 0 Å². The molecule has 9 heteroatoms. The van der Waals surface area contributed by atoms with Crippen molar-refractivity contribution in [1.29, 1.82) is 0 Å². The molecule has 0 aliphatic rings. The van der Waals surface area contributed by atoms with E-state index in [1.807, 2.05) is 53.1 Å². The van der Waals surface area contributed by atoms with Crippen LogP contribution >= 0.6 is 27.7 Å². The van der Waals surface area contributed by atoms with Gasteiger partial charge in [0.05, 0.1) is 18.6 Å². The van der Waals surface area contributed by atoms with Gasteiger partial charge in [-0.15, -0.1) is 10.2 Å². The summed E-state index contributed by atoms with van der Waals surface area (Å²) in [5, 5.41) is 9.33. The summed E-state index contributed by atoms with van der Waals surface area (Å²) in [7, 11) is 1.80. The fourth-order valence-corrected chi connectivity index (χ4v) is 4.30. The van der Waals surface area contributed by atoms with E-state index in [2.05, 4.69) is 31.1 Å². The first-order valence-corrected chi connectivity index (χ1v) is 11.4. The molecular formula is C22H20BrN5O2S. The van der Waals surface area contributed by atoms with Gasteiger partial charge in [0.2, 0.25) is 5.91 Å². The van der Waals surface area contributed by atoms with Crippen LogP contribution in [0.4, 0.5) is 0 Å². The molecular weight excluding hydrogens is 478 g/mol. The number of aromatic nitrogens is 4. The fourth-order valence-electron chi connectivity index (χ4n) is 3.01. The van der Waals surface area contributed by atoms with Gasteiger partial charge >= 0.3 is 0 Å². The number of hydrogen-bond donors (Lipinski definition) is 0. The lowest BCUT2D eigenvalue weighted by atomic mass is 10.2. The summed E-state index contributed by atoms with van der Waals surface area (Å²) in [5.41, 5.74) is 1.91. The maximum absolute atomic E-state index is 12.7. The van der Waals surface area contributed by atoms with Crippen LogP contribution in [0.2, 0.25) is 0 Å². The zero-order valence-electron chi connectivity index (χ0n) is 16.8. The maximum Gasteiger partial charge on any atom is 0.233 e. The number of furan rings is 1. The number of hydrogen-bond acceptors (Lipinski definition) is 6. The van der Waals surface area contributed by atoms with E-state index in [1.54, 1.807) is 30.6 Å². The number of pyridine rings is 1. The highest BCUT2D eigenvalue weighted by atomic mass is 79.9. The number of rotatable bonds is 8. The lowest BCUT2D eigenvalue weighted by Crippen LogP contribution is -2.28.